The lowest BCUT2D eigenvalue weighted by Crippen LogP contribution is -2.61. The zero-order chi connectivity index (χ0) is 35.9. The molecule has 2 amide bonds. The van der Waals surface area contributed by atoms with Gasteiger partial charge in [-0.25, -0.2) is 9.78 Å². The molecule has 5 aliphatic rings. The molecule has 10 rings (SSSR count). The van der Waals surface area contributed by atoms with Crippen LogP contribution < -0.4 is 10.6 Å². The number of aliphatic hydroxyl groups is 1. The summed E-state index contributed by atoms with van der Waals surface area (Å²) in [5, 5.41) is 16.3. The topological polar surface area (TPSA) is 92.7 Å². The quantitative estimate of drug-likeness (QED) is 0.123. The Hall–Kier alpha value is -3.73. The average Bonchev–Trinajstić information content (AvgIpc) is 3.59. The summed E-state index contributed by atoms with van der Waals surface area (Å²) in [6, 6.07) is 33.1. The van der Waals surface area contributed by atoms with Crippen LogP contribution in [0.25, 0.3) is 21.3 Å². The summed E-state index contributed by atoms with van der Waals surface area (Å²) in [5.41, 5.74) is 7.14. The van der Waals surface area contributed by atoms with Crippen molar-refractivity contribution in [3.05, 3.63) is 119 Å². The number of para-hydroxylation sites is 1. The van der Waals surface area contributed by atoms with E-state index in [1.54, 1.807) is 23.1 Å². The van der Waals surface area contributed by atoms with E-state index in [0.29, 0.717) is 6.54 Å². The second kappa shape index (κ2) is 14.8. The van der Waals surface area contributed by atoms with Crippen LogP contribution in [0.3, 0.4) is 0 Å². The molecule has 0 spiro atoms. The van der Waals surface area contributed by atoms with Crippen molar-refractivity contribution < 1.29 is 19.4 Å². The van der Waals surface area contributed by atoms with Crippen molar-refractivity contribution >= 4 is 39.3 Å². The summed E-state index contributed by atoms with van der Waals surface area (Å²) in [7, 11) is 0. The Bertz CT molecular complexity index is 2010. The highest BCUT2D eigenvalue weighted by molar-refractivity contribution is 8.01. The van der Waals surface area contributed by atoms with Crippen LogP contribution in [-0.4, -0.2) is 33.5 Å². The van der Waals surface area contributed by atoms with E-state index in [1.165, 1.54) is 24.0 Å². The first-order chi connectivity index (χ1) is 25.9. The molecule has 5 fully saturated rings. The number of aliphatic hydroxyl groups excluding tert-OH is 1. The number of ether oxygens (including phenoxy) is 2. The number of hydrogen-bond donors (Lipinski definition) is 3. The van der Waals surface area contributed by atoms with E-state index < -0.39 is 6.29 Å². The van der Waals surface area contributed by atoms with Gasteiger partial charge >= 0.3 is 6.03 Å². The highest BCUT2D eigenvalue weighted by atomic mass is 32.2. The number of amides is 2. The predicted molar refractivity (Wildman–Crippen MR) is 211 cm³/mol. The number of rotatable bonds is 10. The predicted octanol–water partition coefficient (Wildman–Crippen LogP) is 9.81. The van der Waals surface area contributed by atoms with Gasteiger partial charge < -0.3 is 25.2 Å². The van der Waals surface area contributed by atoms with Crippen LogP contribution in [0.15, 0.2) is 101 Å². The van der Waals surface area contributed by atoms with Gasteiger partial charge in [-0.2, -0.15) is 0 Å². The Morgan fingerprint density at radius 3 is 2.30 bits per heavy atom. The summed E-state index contributed by atoms with van der Waals surface area (Å²) < 4.78 is 15.8. The third-order valence-corrected chi connectivity index (χ3v) is 14.3. The zero-order valence-electron chi connectivity index (χ0n) is 30.1. The van der Waals surface area contributed by atoms with E-state index in [4.69, 9.17) is 14.5 Å². The summed E-state index contributed by atoms with van der Waals surface area (Å²) in [5.74, 6) is 3.21. The molecule has 5 aromatic rings. The maximum atomic E-state index is 13.2. The number of carbonyl (C=O) groups is 1. The van der Waals surface area contributed by atoms with Crippen LogP contribution in [0, 0.1) is 23.7 Å². The van der Waals surface area contributed by atoms with Gasteiger partial charge in [0, 0.05) is 29.3 Å². The Labute approximate surface area is 319 Å². The molecule has 274 valence electrons. The zero-order valence-corrected chi connectivity index (χ0v) is 31.7. The van der Waals surface area contributed by atoms with Gasteiger partial charge in [-0.3, -0.25) is 0 Å². The lowest BCUT2D eigenvalue weighted by Gasteiger charge is -2.56. The molecule has 0 radical (unpaired) electrons. The van der Waals surface area contributed by atoms with E-state index in [-0.39, 0.29) is 36.3 Å². The molecule has 1 aromatic heterocycles. The smallest absolute Gasteiger partial charge is 0.315 e. The second-order valence-electron chi connectivity index (χ2n) is 15.9. The van der Waals surface area contributed by atoms with Gasteiger partial charge in [0.05, 0.1) is 29.0 Å². The number of hydrogen-bond acceptors (Lipinski definition) is 7. The number of nitrogens with one attached hydrogen (secondary N) is 2. The van der Waals surface area contributed by atoms with Crippen LogP contribution in [0.4, 0.5) is 4.79 Å². The maximum absolute atomic E-state index is 13.2. The molecule has 4 bridgehead atoms. The first-order valence-electron chi connectivity index (χ1n) is 19.1. The van der Waals surface area contributed by atoms with Gasteiger partial charge in [-0.05, 0) is 108 Å². The minimum atomic E-state index is -0.562. The summed E-state index contributed by atoms with van der Waals surface area (Å²) in [6.45, 7) is 2.68. The van der Waals surface area contributed by atoms with Crippen LogP contribution in [0.1, 0.15) is 80.1 Å². The Balaban J connectivity index is 0.904. The fraction of sp³-hybridized carbons (Fsp3) is 0.409. The molecule has 1 aliphatic heterocycles. The van der Waals surface area contributed by atoms with Crippen LogP contribution in [-0.2, 0) is 22.6 Å². The van der Waals surface area contributed by atoms with Gasteiger partial charge in [0.25, 0.3) is 0 Å². The van der Waals surface area contributed by atoms with Crippen molar-refractivity contribution in [1.29, 1.82) is 0 Å². The first-order valence-corrected chi connectivity index (χ1v) is 20.9. The number of carbonyl (C=O) groups excluding carboxylic acids is 1. The largest absolute Gasteiger partial charge is 0.392 e. The SMILES string of the molecule is CC1C(CSc2nc3ccccc3s2)OC(c2cccc(-c3cccc(CNC(=O)NC45CC6CC(CC(C6)C4)C5)c3)c2)OC1c1ccc(CO)cc1. The minimum absolute atomic E-state index is 0.00272. The van der Waals surface area contributed by atoms with Gasteiger partial charge in [-0.15, -0.1) is 11.3 Å². The first kappa shape index (κ1) is 35.0. The van der Waals surface area contributed by atoms with E-state index in [2.05, 4.69) is 96.4 Å². The van der Waals surface area contributed by atoms with Crippen molar-refractivity contribution in [2.75, 3.05) is 5.75 Å². The lowest BCUT2D eigenvalue weighted by molar-refractivity contribution is -0.268. The number of urea groups is 1. The van der Waals surface area contributed by atoms with Crippen LogP contribution in [0.5, 0.6) is 0 Å². The molecular formula is C44H47N3O4S2. The highest BCUT2D eigenvalue weighted by Gasteiger charge is 2.51. The molecule has 3 N–H and O–H groups in total. The Kier molecular flexibility index (Phi) is 9.80. The van der Waals surface area contributed by atoms with Crippen molar-refractivity contribution in [3.8, 4) is 11.1 Å². The van der Waals surface area contributed by atoms with E-state index in [0.717, 1.165) is 86.0 Å². The molecule has 4 aliphatic carbocycles. The van der Waals surface area contributed by atoms with Crippen LogP contribution >= 0.6 is 23.1 Å². The Morgan fingerprint density at radius 2 is 1.57 bits per heavy atom. The molecule has 9 heteroatoms. The maximum Gasteiger partial charge on any atom is 0.315 e. The molecular weight excluding hydrogens is 699 g/mol. The summed E-state index contributed by atoms with van der Waals surface area (Å²) >= 11 is 3.46. The summed E-state index contributed by atoms with van der Waals surface area (Å²) in [4.78, 5) is 18.0. The molecule has 7 nitrogen and oxygen atoms in total. The number of aromatic nitrogens is 1. The molecule has 4 atom stereocenters. The molecule has 2 heterocycles. The fourth-order valence-electron chi connectivity index (χ4n) is 9.83. The number of benzene rings is 4. The van der Waals surface area contributed by atoms with Gasteiger partial charge in [0.1, 0.15) is 0 Å². The summed E-state index contributed by atoms with van der Waals surface area (Å²) in [6.07, 6.45) is 6.67. The van der Waals surface area contributed by atoms with Crippen molar-refractivity contribution in [2.24, 2.45) is 23.7 Å². The monoisotopic (exact) mass is 745 g/mol. The fourth-order valence-corrected chi connectivity index (χ4v) is 12.1. The molecule has 1 saturated heterocycles. The van der Waals surface area contributed by atoms with E-state index in [1.807, 2.05) is 18.2 Å². The number of thiazole rings is 1. The van der Waals surface area contributed by atoms with E-state index >= 15 is 0 Å². The molecule has 53 heavy (non-hydrogen) atoms. The van der Waals surface area contributed by atoms with E-state index in [9.17, 15) is 9.90 Å². The van der Waals surface area contributed by atoms with Crippen LogP contribution in [0.2, 0.25) is 0 Å². The third-order valence-electron chi connectivity index (χ3n) is 12.1. The minimum Gasteiger partial charge on any atom is -0.392 e. The number of fused-ring (bicyclic) bond motifs is 1. The van der Waals surface area contributed by atoms with Crippen molar-refractivity contribution in [3.63, 3.8) is 0 Å². The van der Waals surface area contributed by atoms with Gasteiger partial charge in [0.15, 0.2) is 10.6 Å². The highest BCUT2D eigenvalue weighted by Crippen LogP contribution is 2.55. The Morgan fingerprint density at radius 1 is 0.849 bits per heavy atom. The molecule has 4 saturated carbocycles. The normalized spacial score (nSPS) is 29.0. The van der Waals surface area contributed by atoms with Crippen molar-refractivity contribution in [2.45, 2.75) is 87.0 Å². The number of thioether (sulfide) groups is 1. The lowest BCUT2D eigenvalue weighted by atomic mass is 9.53. The van der Waals surface area contributed by atoms with Gasteiger partial charge in [-0.1, -0.05) is 91.5 Å². The molecule has 4 unspecified atom stereocenters. The van der Waals surface area contributed by atoms with Crippen molar-refractivity contribution in [1.82, 2.24) is 15.6 Å². The average molecular weight is 746 g/mol. The number of nitrogens with zero attached hydrogens (tertiary/aromatic N) is 1. The standard InChI is InChI=1S/C44H47N3O4S2/c1-27-38(26-52-43-46-37-10-2-3-11-39(37)53-43)50-41(51-40(27)33-14-12-28(25-48)13-15-33)36-9-5-8-35(20-36)34-7-4-6-29(19-34)24-45-42(49)47-44-21-30-16-31(22-44)18-32(17-30)23-44/h2-15,19-20,27,30-32,38,40-41,48H,16-18,21-26H2,1H3,(H2,45,47,49). The second-order valence-corrected chi connectivity index (χ2v) is 18.2. The third kappa shape index (κ3) is 7.51. The van der Waals surface area contributed by atoms with Gasteiger partial charge in [0.2, 0.25) is 0 Å². The molecule has 4 aromatic carbocycles.